The first-order valence-corrected chi connectivity index (χ1v) is 13.2. The molecule has 3 aromatic carbocycles. The first kappa shape index (κ1) is 26.9. The molecule has 1 amide bonds. The van der Waals surface area contributed by atoms with Gasteiger partial charge in [0.25, 0.3) is 10.0 Å². The maximum Gasteiger partial charge on any atom is 0.264 e. The molecule has 35 heavy (non-hydrogen) atoms. The minimum atomic E-state index is -4.03. The third-order valence-electron chi connectivity index (χ3n) is 5.19. The largest absolute Gasteiger partial charge is 0.491 e. The lowest BCUT2D eigenvalue weighted by Crippen LogP contribution is -2.42. The van der Waals surface area contributed by atoms with Crippen LogP contribution in [0.2, 0.25) is 10.0 Å². The van der Waals surface area contributed by atoms with E-state index in [1.54, 1.807) is 18.2 Å². The van der Waals surface area contributed by atoms with Crippen molar-refractivity contribution in [3.63, 3.8) is 0 Å². The van der Waals surface area contributed by atoms with Gasteiger partial charge in [-0.3, -0.25) is 9.10 Å². The maximum absolute atomic E-state index is 13.4. The van der Waals surface area contributed by atoms with Crippen LogP contribution in [-0.2, 0) is 20.2 Å². The number of nitrogens with one attached hydrogen (secondary N) is 1. The van der Waals surface area contributed by atoms with E-state index in [1.807, 2.05) is 24.3 Å². The van der Waals surface area contributed by atoms with Crippen LogP contribution in [0.15, 0.2) is 77.7 Å². The third kappa shape index (κ3) is 6.90. The number of ether oxygens (including phenoxy) is 1. The summed E-state index contributed by atoms with van der Waals surface area (Å²) in [7, 11) is -4.03. The van der Waals surface area contributed by atoms with Crippen molar-refractivity contribution in [3.05, 3.63) is 88.4 Å². The molecule has 186 valence electrons. The van der Waals surface area contributed by atoms with E-state index in [-0.39, 0.29) is 39.2 Å². The first-order valence-electron chi connectivity index (χ1n) is 11.0. The lowest BCUT2D eigenvalue weighted by Gasteiger charge is -2.25. The number of amides is 1. The number of benzene rings is 3. The van der Waals surface area contributed by atoms with Crippen molar-refractivity contribution in [2.24, 2.45) is 0 Å². The molecule has 3 aromatic rings. The highest BCUT2D eigenvalue weighted by atomic mass is 35.5. The van der Waals surface area contributed by atoms with Gasteiger partial charge in [-0.2, -0.15) is 0 Å². The highest BCUT2D eigenvalue weighted by Gasteiger charge is 2.27. The number of hydrogen-bond donors (Lipinski definition) is 1. The van der Waals surface area contributed by atoms with Gasteiger partial charge >= 0.3 is 0 Å². The maximum atomic E-state index is 13.4. The van der Waals surface area contributed by atoms with Crippen LogP contribution in [0, 0.1) is 0 Å². The predicted molar refractivity (Wildman–Crippen MR) is 141 cm³/mol. The van der Waals surface area contributed by atoms with Gasteiger partial charge in [0.05, 0.1) is 27.2 Å². The Balaban J connectivity index is 1.72. The van der Waals surface area contributed by atoms with Crippen LogP contribution >= 0.6 is 23.2 Å². The number of halogens is 2. The van der Waals surface area contributed by atoms with Gasteiger partial charge in [-0.15, -0.1) is 0 Å². The Kier molecular flexibility index (Phi) is 8.70. The molecule has 0 aliphatic rings. The molecule has 0 aromatic heterocycles. The summed E-state index contributed by atoms with van der Waals surface area (Å²) in [4.78, 5) is 12.8. The van der Waals surface area contributed by atoms with Gasteiger partial charge in [-0.05, 0) is 47.4 Å². The van der Waals surface area contributed by atoms with Gasteiger partial charge in [-0.25, -0.2) is 8.42 Å². The lowest BCUT2D eigenvalue weighted by molar-refractivity contribution is -0.119. The van der Waals surface area contributed by atoms with E-state index in [0.29, 0.717) is 0 Å². The van der Waals surface area contributed by atoms with Gasteiger partial charge in [0.2, 0.25) is 5.91 Å². The molecule has 0 atom stereocenters. The van der Waals surface area contributed by atoms with Crippen LogP contribution in [0.3, 0.4) is 0 Å². The van der Waals surface area contributed by atoms with Gasteiger partial charge in [0.1, 0.15) is 18.9 Å². The molecule has 6 nitrogen and oxygen atoms in total. The number of sulfonamides is 1. The molecule has 0 spiro atoms. The minimum Gasteiger partial charge on any atom is -0.491 e. The summed E-state index contributed by atoms with van der Waals surface area (Å²) < 4.78 is 33.6. The van der Waals surface area contributed by atoms with Crippen LogP contribution in [0.5, 0.6) is 5.75 Å². The van der Waals surface area contributed by atoms with Crippen molar-refractivity contribution >= 4 is 44.8 Å². The van der Waals surface area contributed by atoms with E-state index in [2.05, 4.69) is 26.1 Å². The number of hydrogen-bond acceptors (Lipinski definition) is 4. The zero-order valence-electron chi connectivity index (χ0n) is 19.8. The second kappa shape index (κ2) is 11.3. The molecule has 0 radical (unpaired) electrons. The number of nitrogens with zero attached hydrogens (tertiary/aromatic N) is 1. The Bertz CT molecular complexity index is 1280. The van der Waals surface area contributed by atoms with Crippen LogP contribution in [0.1, 0.15) is 26.3 Å². The van der Waals surface area contributed by atoms with E-state index in [9.17, 15) is 13.2 Å². The Morgan fingerprint density at radius 3 is 2.26 bits per heavy atom. The molecule has 0 unspecified atom stereocenters. The van der Waals surface area contributed by atoms with Crippen molar-refractivity contribution < 1.29 is 17.9 Å². The highest BCUT2D eigenvalue weighted by molar-refractivity contribution is 7.92. The fraction of sp³-hybridized carbons (Fsp3) is 0.269. The van der Waals surface area contributed by atoms with Crippen molar-refractivity contribution in [2.75, 3.05) is 24.0 Å². The van der Waals surface area contributed by atoms with Gasteiger partial charge in [0, 0.05) is 0 Å². The quantitative estimate of drug-likeness (QED) is 0.358. The van der Waals surface area contributed by atoms with E-state index in [1.165, 1.54) is 30.3 Å². The minimum absolute atomic E-state index is 0.0565. The molecule has 0 bridgehead atoms. The number of carbonyl (C=O) groups is 1. The molecule has 0 saturated heterocycles. The Labute approximate surface area is 216 Å². The second-order valence-corrected chi connectivity index (χ2v) is 11.5. The second-order valence-electron chi connectivity index (χ2n) is 8.87. The zero-order valence-corrected chi connectivity index (χ0v) is 22.1. The fourth-order valence-electron chi connectivity index (χ4n) is 3.42. The van der Waals surface area contributed by atoms with E-state index in [4.69, 9.17) is 27.9 Å². The Morgan fingerprint density at radius 1 is 0.943 bits per heavy atom. The van der Waals surface area contributed by atoms with Crippen molar-refractivity contribution in [2.45, 2.75) is 31.1 Å². The predicted octanol–water partition coefficient (Wildman–Crippen LogP) is 5.68. The number of para-hydroxylation sites is 1. The molecule has 0 aliphatic carbocycles. The highest BCUT2D eigenvalue weighted by Crippen LogP contribution is 2.31. The van der Waals surface area contributed by atoms with Crippen LogP contribution < -0.4 is 14.4 Å². The molecule has 9 heteroatoms. The first-order chi connectivity index (χ1) is 16.5. The van der Waals surface area contributed by atoms with E-state index < -0.39 is 22.5 Å². The van der Waals surface area contributed by atoms with E-state index in [0.717, 1.165) is 15.6 Å². The molecule has 0 saturated carbocycles. The van der Waals surface area contributed by atoms with E-state index >= 15 is 0 Å². The standard InChI is InChI=1S/C26H28Cl2N2O4S/c1-26(2,3)21-11-7-8-12-24(21)34-16-15-29-25(31)18-30(19-13-14-22(27)23(28)17-19)35(32,33)20-9-5-4-6-10-20/h4-14,17H,15-16,18H2,1-3H3,(H,29,31). The summed E-state index contributed by atoms with van der Waals surface area (Å²) in [5.41, 5.74) is 1.20. The topological polar surface area (TPSA) is 75.7 Å². The summed E-state index contributed by atoms with van der Waals surface area (Å²) in [5.74, 6) is 0.265. The number of anilines is 1. The molecule has 0 aliphatic heterocycles. The van der Waals surface area contributed by atoms with Crippen molar-refractivity contribution in [1.82, 2.24) is 5.32 Å². The summed E-state index contributed by atoms with van der Waals surface area (Å²) in [6.45, 7) is 6.30. The van der Waals surface area contributed by atoms with Gasteiger partial charge in [0.15, 0.2) is 0 Å². The Hall–Kier alpha value is -2.74. The molecule has 1 N–H and O–H groups in total. The average molecular weight is 535 g/mol. The SMILES string of the molecule is CC(C)(C)c1ccccc1OCCNC(=O)CN(c1ccc(Cl)c(Cl)c1)S(=O)(=O)c1ccccc1. The molecular weight excluding hydrogens is 507 g/mol. The summed E-state index contributed by atoms with van der Waals surface area (Å²) >= 11 is 12.1. The van der Waals surface area contributed by atoms with Crippen LogP contribution in [-0.4, -0.2) is 34.0 Å². The van der Waals surface area contributed by atoms with Crippen LogP contribution in [0.4, 0.5) is 5.69 Å². The zero-order chi connectivity index (χ0) is 25.6. The van der Waals surface area contributed by atoms with Gasteiger partial charge in [-0.1, -0.05) is 80.4 Å². The number of rotatable bonds is 9. The molecule has 3 rings (SSSR count). The average Bonchev–Trinajstić information content (AvgIpc) is 2.82. The fourth-order valence-corrected chi connectivity index (χ4v) is 5.15. The van der Waals surface area contributed by atoms with Crippen molar-refractivity contribution in [3.8, 4) is 5.75 Å². The summed E-state index contributed by atoms with van der Waals surface area (Å²) in [6.07, 6.45) is 0. The molecule has 0 heterocycles. The monoisotopic (exact) mass is 534 g/mol. The smallest absolute Gasteiger partial charge is 0.264 e. The molecule has 0 fully saturated rings. The summed E-state index contributed by atoms with van der Waals surface area (Å²) in [5, 5.41) is 3.20. The van der Waals surface area contributed by atoms with Crippen molar-refractivity contribution in [1.29, 1.82) is 0 Å². The lowest BCUT2D eigenvalue weighted by atomic mass is 9.86. The summed E-state index contributed by atoms with van der Waals surface area (Å²) in [6, 6.07) is 20.1. The Morgan fingerprint density at radius 2 is 1.60 bits per heavy atom. The van der Waals surface area contributed by atoms with Crippen LogP contribution in [0.25, 0.3) is 0 Å². The normalized spacial score (nSPS) is 11.7. The molecular formula is C26H28Cl2N2O4S. The third-order valence-corrected chi connectivity index (χ3v) is 7.71. The number of carbonyl (C=O) groups excluding carboxylic acids is 1. The van der Waals surface area contributed by atoms with Gasteiger partial charge < -0.3 is 10.1 Å².